The molecule has 1 atom stereocenters. The van der Waals surface area contributed by atoms with Crippen LogP contribution in [0.3, 0.4) is 0 Å². The number of nitrogens with zero attached hydrogens (tertiary/aromatic N) is 2. The van der Waals surface area contributed by atoms with E-state index in [1.807, 2.05) is 0 Å². The third-order valence-electron chi connectivity index (χ3n) is 3.25. The number of carbonyl (C=O) groups is 1. The minimum absolute atomic E-state index is 0.125. The van der Waals surface area contributed by atoms with Crippen LogP contribution >= 0.6 is 11.6 Å². The summed E-state index contributed by atoms with van der Waals surface area (Å²) in [5, 5.41) is 9.60. The van der Waals surface area contributed by atoms with E-state index in [-0.39, 0.29) is 18.0 Å². The van der Waals surface area contributed by atoms with Crippen molar-refractivity contribution in [2.45, 2.75) is 11.4 Å². The van der Waals surface area contributed by atoms with E-state index in [9.17, 15) is 18.3 Å². The molecule has 0 saturated carbocycles. The fourth-order valence-corrected chi connectivity index (χ4v) is 3.26. The fourth-order valence-electron chi connectivity index (χ4n) is 1.99. The van der Waals surface area contributed by atoms with Gasteiger partial charge in [0, 0.05) is 24.8 Å². The van der Waals surface area contributed by atoms with Gasteiger partial charge in [0.1, 0.15) is 0 Å². The molecule has 2 aromatic rings. The molecule has 0 fully saturated rings. The number of hydrogen-bond acceptors (Lipinski definition) is 4. The summed E-state index contributed by atoms with van der Waals surface area (Å²) >= 11 is 6.02. The average Bonchev–Trinajstić information content (AvgIpc) is 2.92. The van der Waals surface area contributed by atoms with Gasteiger partial charge in [-0.3, -0.25) is 4.79 Å². The molecule has 0 amide bonds. The summed E-state index contributed by atoms with van der Waals surface area (Å²) in [4.78, 5) is 15.1. The van der Waals surface area contributed by atoms with Gasteiger partial charge in [-0.2, -0.15) is 0 Å². The summed E-state index contributed by atoms with van der Waals surface area (Å²) in [6.07, 6.45) is 2.82. The first-order valence-corrected chi connectivity index (χ1v) is 8.59. The van der Waals surface area contributed by atoms with Crippen LogP contribution in [0.5, 0.6) is 0 Å². The van der Waals surface area contributed by atoms with Crippen molar-refractivity contribution in [2.24, 2.45) is 13.0 Å². The summed E-state index contributed by atoms with van der Waals surface area (Å²) in [7, 11) is -2.21. The van der Waals surface area contributed by atoms with Crippen LogP contribution in [0.25, 0.3) is 0 Å². The summed E-state index contributed by atoms with van der Waals surface area (Å²) in [5.41, 5.74) is 0.651. The maximum atomic E-state index is 12.1. The molecule has 0 saturated heterocycles. The fraction of sp³-hybridized carbons (Fsp3) is 0.286. The second-order valence-electron chi connectivity index (χ2n) is 5.06. The number of imidazole rings is 1. The van der Waals surface area contributed by atoms with Crippen molar-refractivity contribution in [3.8, 4) is 0 Å². The van der Waals surface area contributed by atoms with Gasteiger partial charge in [-0.05, 0) is 18.1 Å². The van der Waals surface area contributed by atoms with Crippen LogP contribution in [0.2, 0.25) is 5.02 Å². The minimum Gasteiger partial charge on any atom is -0.481 e. The molecule has 1 unspecified atom stereocenters. The third-order valence-corrected chi connectivity index (χ3v) is 4.93. The van der Waals surface area contributed by atoms with Crippen molar-refractivity contribution in [1.29, 1.82) is 0 Å². The first-order chi connectivity index (χ1) is 10.8. The Hall–Kier alpha value is -1.90. The van der Waals surface area contributed by atoms with Crippen molar-refractivity contribution >= 4 is 27.6 Å². The molecule has 1 heterocycles. The van der Waals surface area contributed by atoms with Crippen molar-refractivity contribution in [2.75, 3.05) is 6.54 Å². The number of aryl methyl sites for hydroxylation is 1. The van der Waals surface area contributed by atoms with E-state index in [0.717, 1.165) is 0 Å². The average molecular weight is 358 g/mol. The molecule has 1 aromatic heterocycles. The van der Waals surface area contributed by atoms with E-state index in [2.05, 4.69) is 9.71 Å². The Bertz CT molecular complexity index is 804. The molecular weight excluding hydrogens is 342 g/mol. The van der Waals surface area contributed by atoms with Crippen molar-refractivity contribution in [3.05, 3.63) is 47.4 Å². The van der Waals surface area contributed by atoms with Gasteiger partial charge in [0.2, 0.25) is 0 Å². The van der Waals surface area contributed by atoms with Gasteiger partial charge in [-0.1, -0.05) is 29.8 Å². The smallest absolute Gasteiger partial charge is 0.308 e. The molecule has 23 heavy (non-hydrogen) atoms. The molecule has 1 aromatic carbocycles. The molecule has 0 radical (unpaired) electrons. The molecule has 0 aliphatic heterocycles. The van der Waals surface area contributed by atoms with Crippen LogP contribution in [0.15, 0.2) is 41.8 Å². The maximum Gasteiger partial charge on any atom is 0.308 e. The third kappa shape index (κ3) is 4.54. The van der Waals surface area contributed by atoms with Crippen LogP contribution in [-0.2, 0) is 28.3 Å². The topological polar surface area (TPSA) is 101 Å². The molecule has 0 bridgehead atoms. The standard InChI is InChI=1S/C14H16ClN3O4S/c1-18-8-13(16-9-18)23(21,22)17-7-11(14(19)20)6-10-4-2-3-5-12(10)15/h2-5,8-9,11,17H,6-7H2,1H3,(H,19,20). The molecule has 0 spiro atoms. The van der Waals surface area contributed by atoms with Gasteiger partial charge in [0.25, 0.3) is 10.0 Å². The molecule has 0 aliphatic rings. The van der Waals surface area contributed by atoms with Crippen LogP contribution in [0, 0.1) is 5.92 Å². The normalized spacial score (nSPS) is 13.0. The quantitative estimate of drug-likeness (QED) is 0.777. The highest BCUT2D eigenvalue weighted by Gasteiger charge is 2.24. The first kappa shape index (κ1) is 17.5. The largest absolute Gasteiger partial charge is 0.481 e. The number of carboxylic acid groups (broad SMARTS) is 1. The van der Waals surface area contributed by atoms with Crippen molar-refractivity contribution < 1.29 is 18.3 Å². The number of carboxylic acids is 1. The zero-order valence-corrected chi connectivity index (χ0v) is 13.9. The second-order valence-corrected chi connectivity index (χ2v) is 7.18. The summed E-state index contributed by atoms with van der Waals surface area (Å²) in [6, 6.07) is 6.86. The highest BCUT2D eigenvalue weighted by Crippen LogP contribution is 2.19. The number of hydrogen-bond donors (Lipinski definition) is 2. The Morgan fingerprint density at radius 2 is 2.13 bits per heavy atom. The highest BCUT2D eigenvalue weighted by molar-refractivity contribution is 7.89. The first-order valence-electron chi connectivity index (χ1n) is 6.73. The van der Waals surface area contributed by atoms with Gasteiger partial charge in [0.15, 0.2) is 5.03 Å². The summed E-state index contributed by atoms with van der Waals surface area (Å²) in [6.45, 7) is -0.251. The number of nitrogens with one attached hydrogen (secondary N) is 1. The summed E-state index contributed by atoms with van der Waals surface area (Å²) in [5.74, 6) is -2.04. The van der Waals surface area contributed by atoms with Crippen LogP contribution in [0.1, 0.15) is 5.56 Å². The molecule has 0 aliphatic carbocycles. The Kier molecular flexibility index (Phi) is 5.40. The van der Waals surface area contributed by atoms with Gasteiger partial charge < -0.3 is 9.67 Å². The van der Waals surface area contributed by atoms with E-state index < -0.39 is 21.9 Å². The Morgan fingerprint density at radius 3 is 2.70 bits per heavy atom. The highest BCUT2D eigenvalue weighted by atomic mass is 35.5. The van der Waals surface area contributed by atoms with Crippen LogP contribution in [-0.4, -0.2) is 35.6 Å². The van der Waals surface area contributed by atoms with Gasteiger partial charge in [0.05, 0.1) is 12.2 Å². The van der Waals surface area contributed by atoms with Gasteiger partial charge in [-0.25, -0.2) is 18.1 Å². The molecule has 7 nitrogen and oxygen atoms in total. The number of halogens is 1. The van der Waals surface area contributed by atoms with E-state index >= 15 is 0 Å². The van der Waals surface area contributed by atoms with Gasteiger partial charge in [-0.15, -0.1) is 0 Å². The second kappa shape index (κ2) is 7.12. The zero-order valence-electron chi connectivity index (χ0n) is 12.3. The predicted octanol–water partition coefficient (Wildman–Crippen LogP) is 1.30. The van der Waals surface area contributed by atoms with Crippen LogP contribution in [0.4, 0.5) is 0 Å². The lowest BCUT2D eigenvalue weighted by molar-refractivity contribution is -0.141. The number of aliphatic carboxylic acids is 1. The Balaban J connectivity index is 2.09. The molecule has 2 N–H and O–H groups in total. The molecule has 124 valence electrons. The van der Waals surface area contributed by atoms with Gasteiger partial charge >= 0.3 is 5.97 Å². The summed E-state index contributed by atoms with van der Waals surface area (Å²) < 4.78 is 27.9. The lowest BCUT2D eigenvalue weighted by Gasteiger charge is -2.14. The van der Waals surface area contributed by atoms with E-state index in [1.54, 1.807) is 31.3 Å². The molecular formula is C14H16ClN3O4S. The number of rotatable bonds is 7. The Labute approximate surface area is 139 Å². The molecule has 2 rings (SSSR count). The SMILES string of the molecule is Cn1cnc(S(=O)(=O)NCC(Cc2ccccc2Cl)C(=O)O)c1. The number of aromatic nitrogens is 2. The lowest BCUT2D eigenvalue weighted by atomic mass is 10.00. The minimum atomic E-state index is -3.85. The predicted molar refractivity (Wildman–Crippen MR) is 84.7 cm³/mol. The van der Waals surface area contributed by atoms with Crippen molar-refractivity contribution in [3.63, 3.8) is 0 Å². The molecule has 9 heteroatoms. The monoisotopic (exact) mass is 357 g/mol. The maximum absolute atomic E-state index is 12.1. The van der Waals surface area contributed by atoms with Crippen molar-refractivity contribution in [1.82, 2.24) is 14.3 Å². The van der Waals surface area contributed by atoms with E-state index in [1.165, 1.54) is 17.1 Å². The zero-order chi connectivity index (χ0) is 17.0. The number of benzene rings is 1. The van der Waals surface area contributed by atoms with E-state index in [4.69, 9.17) is 11.6 Å². The lowest BCUT2D eigenvalue weighted by Crippen LogP contribution is -2.34. The van der Waals surface area contributed by atoms with Crippen LogP contribution < -0.4 is 4.72 Å². The number of sulfonamides is 1. The Morgan fingerprint density at radius 1 is 1.43 bits per heavy atom. The van der Waals surface area contributed by atoms with E-state index in [0.29, 0.717) is 10.6 Å².